The Labute approximate surface area is 132 Å². The number of aryl methyl sites for hydroxylation is 2. The number of rotatable bonds is 3. The van der Waals surface area contributed by atoms with Gasteiger partial charge in [0, 0.05) is 18.0 Å². The number of nitrogens with one attached hydrogen (secondary N) is 1. The predicted octanol–water partition coefficient (Wildman–Crippen LogP) is 4.89. The first-order chi connectivity index (χ1) is 10.3. The summed E-state index contributed by atoms with van der Waals surface area (Å²) < 4.78 is 0. The molecule has 1 N–H and O–H groups in total. The number of hydrogen-bond donors (Lipinski definition) is 1. The summed E-state index contributed by atoms with van der Waals surface area (Å²) in [6, 6.07) is 6.63. The molecule has 1 saturated carbocycles. The van der Waals surface area contributed by atoms with Gasteiger partial charge in [-0.15, -0.1) is 0 Å². The van der Waals surface area contributed by atoms with Gasteiger partial charge in [-0.25, -0.2) is 0 Å². The summed E-state index contributed by atoms with van der Waals surface area (Å²) in [6.07, 6.45) is 7.69. The zero-order valence-electron chi connectivity index (χ0n) is 13.2. The number of hydrogen-bond acceptors (Lipinski definition) is 3. The molecular weight excluding hydrogens is 276 g/mol. The number of benzene rings is 1. The minimum Gasteiger partial charge on any atom is -0.335 e. The summed E-state index contributed by atoms with van der Waals surface area (Å²) in [5.41, 5.74) is 4.63. The van der Waals surface area contributed by atoms with Crippen molar-refractivity contribution in [3.05, 3.63) is 29.3 Å². The third-order valence-corrected chi connectivity index (χ3v) is 6.23. The molecule has 1 aliphatic heterocycles. The predicted molar refractivity (Wildman–Crippen MR) is 94.5 cm³/mol. The number of amidine groups is 1. The largest absolute Gasteiger partial charge is 0.335 e. The van der Waals surface area contributed by atoms with E-state index >= 15 is 0 Å². The van der Waals surface area contributed by atoms with E-state index in [4.69, 9.17) is 4.99 Å². The second-order valence-electron chi connectivity index (χ2n) is 6.40. The van der Waals surface area contributed by atoms with Gasteiger partial charge in [0.15, 0.2) is 5.17 Å². The monoisotopic (exact) mass is 302 g/mol. The van der Waals surface area contributed by atoms with Gasteiger partial charge < -0.3 is 5.32 Å². The summed E-state index contributed by atoms with van der Waals surface area (Å²) in [7, 11) is 0. The summed E-state index contributed by atoms with van der Waals surface area (Å²) in [6.45, 7) is 5.48. The normalized spacial score (nSPS) is 20.6. The number of aliphatic imine (C=N–C) groups is 1. The lowest BCUT2D eigenvalue weighted by Crippen LogP contribution is -2.30. The fraction of sp³-hybridized carbons (Fsp3) is 0.611. The molecule has 3 rings (SSSR count). The van der Waals surface area contributed by atoms with Crippen molar-refractivity contribution in [3.63, 3.8) is 0 Å². The zero-order valence-corrected chi connectivity index (χ0v) is 14.1. The quantitative estimate of drug-likeness (QED) is 0.860. The Kier molecular flexibility index (Phi) is 4.58. The van der Waals surface area contributed by atoms with Crippen LogP contribution in [0.4, 0.5) is 5.69 Å². The maximum absolute atomic E-state index is 4.88. The van der Waals surface area contributed by atoms with E-state index in [1.54, 1.807) is 0 Å². The molecule has 2 nitrogen and oxygen atoms in total. The van der Waals surface area contributed by atoms with E-state index in [0.717, 1.165) is 24.6 Å². The Morgan fingerprint density at radius 1 is 1.14 bits per heavy atom. The molecule has 0 aromatic heterocycles. The van der Waals surface area contributed by atoms with Crippen LogP contribution in [-0.2, 0) is 12.8 Å². The van der Waals surface area contributed by atoms with Crippen molar-refractivity contribution in [1.82, 2.24) is 0 Å². The molecular formula is C18H26N2S. The standard InChI is InChI=1S/C18H26N2S/c1-3-14-8-7-9-15(4-2)16(14)20-17-19-12-18(13-21-17)10-5-6-11-18/h7-9H,3-6,10-13H2,1-2H3,(H,19,20). The van der Waals surface area contributed by atoms with Gasteiger partial charge in [-0.2, -0.15) is 0 Å². The maximum Gasteiger partial charge on any atom is 0.161 e. The first-order valence-electron chi connectivity index (χ1n) is 8.31. The Morgan fingerprint density at radius 3 is 2.33 bits per heavy atom. The summed E-state index contributed by atoms with van der Waals surface area (Å²) in [5, 5.41) is 4.77. The molecule has 3 heteroatoms. The smallest absolute Gasteiger partial charge is 0.161 e. The van der Waals surface area contributed by atoms with E-state index in [1.165, 1.54) is 48.3 Å². The SMILES string of the molecule is CCc1cccc(CC)c1NC1=NCC2(CCCC2)CS1. The van der Waals surface area contributed by atoms with Crippen molar-refractivity contribution < 1.29 is 0 Å². The minimum absolute atomic E-state index is 0.522. The van der Waals surface area contributed by atoms with Gasteiger partial charge in [-0.3, -0.25) is 4.99 Å². The molecule has 1 heterocycles. The number of para-hydroxylation sites is 1. The molecule has 0 bridgehead atoms. The molecule has 0 saturated heterocycles. The van der Waals surface area contributed by atoms with Crippen LogP contribution in [0.2, 0.25) is 0 Å². The fourth-order valence-electron chi connectivity index (χ4n) is 3.57. The molecule has 114 valence electrons. The maximum atomic E-state index is 4.88. The highest BCUT2D eigenvalue weighted by molar-refractivity contribution is 8.14. The molecule has 1 aliphatic carbocycles. The lowest BCUT2D eigenvalue weighted by Gasteiger charge is -2.31. The molecule has 1 spiro atoms. The highest BCUT2D eigenvalue weighted by atomic mass is 32.2. The number of thioether (sulfide) groups is 1. The van der Waals surface area contributed by atoms with E-state index in [2.05, 4.69) is 37.4 Å². The molecule has 1 fully saturated rings. The molecule has 1 aromatic rings. The molecule has 2 aliphatic rings. The third-order valence-electron chi connectivity index (χ3n) is 4.97. The van der Waals surface area contributed by atoms with Crippen molar-refractivity contribution in [2.75, 3.05) is 17.6 Å². The Morgan fingerprint density at radius 2 is 1.81 bits per heavy atom. The third kappa shape index (κ3) is 3.13. The average Bonchev–Trinajstić information content (AvgIpc) is 2.98. The van der Waals surface area contributed by atoms with Gasteiger partial charge in [0.05, 0.1) is 0 Å². The van der Waals surface area contributed by atoms with Crippen LogP contribution < -0.4 is 5.32 Å². The van der Waals surface area contributed by atoms with E-state index < -0.39 is 0 Å². The second-order valence-corrected chi connectivity index (χ2v) is 7.36. The lowest BCUT2D eigenvalue weighted by molar-refractivity contribution is 0.359. The Hall–Kier alpha value is -0.960. The average molecular weight is 302 g/mol. The van der Waals surface area contributed by atoms with Crippen molar-refractivity contribution >= 4 is 22.6 Å². The fourth-order valence-corrected chi connectivity index (χ4v) is 4.72. The van der Waals surface area contributed by atoms with Crippen LogP contribution in [0.25, 0.3) is 0 Å². The van der Waals surface area contributed by atoms with Crippen molar-refractivity contribution in [3.8, 4) is 0 Å². The topological polar surface area (TPSA) is 24.4 Å². The van der Waals surface area contributed by atoms with Crippen LogP contribution >= 0.6 is 11.8 Å². The molecule has 1 aromatic carbocycles. The molecule has 0 unspecified atom stereocenters. The second kappa shape index (κ2) is 6.43. The highest BCUT2D eigenvalue weighted by Gasteiger charge is 2.36. The summed E-state index contributed by atoms with van der Waals surface area (Å²) in [5.74, 6) is 1.24. The lowest BCUT2D eigenvalue weighted by atomic mass is 9.89. The van der Waals surface area contributed by atoms with Crippen molar-refractivity contribution in [1.29, 1.82) is 0 Å². The Bertz CT molecular complexity index is 508. The van der Waals surface area contributed by atoms with Gasteiger partial charge in [0.25, 0.3) is 0 Å². The van der Waals surface area contributed by atoms with Crippen LogP contribution in [0.5, 0.6) is 0 Å². The van der Waals surface area contributed by atoms with E-state index in [1.807, 2.05) is 11.8 Å². The van der Waals surface area contributed by atoms with Crippen molar-refractivity contribution in [2.24, 2.45) is 10.4 Å². The minimum atomic E-state index is 0.522. The van der Waals surface area contributed by atoms with Crippen LogP contribution in [0, 0.1) is 5.41 Å². The van der Waals surface area contributed by atoms with Crippen LogP contribution in [0.15, 0.2) is 23.2 Å². The van der Waals surface area contributed by atoms with Crippen molar-refractivity contribution in [2.45, 2.75) is 52.4 Å². The van der Waals surface area contributed by atoms with Gasteiger partial charge in [-0.05, 0) is 42.2 Å². The van der Waals surface area contributed by atoms with Gasteiger partial charge in [0.2, 0.25) is 0 Å². The number of nitrogens with zero attached hydrogens (tertiary/aromatic N) is 1. The first kappa shape index (κ1) is 15.0. The van der Waals surface area contributed by atoms with E-state index in [0.29, 0.717) is 5.41 Å². The Balaban J connectivity index is 1.77. The molecule has 0 amide bonds. The zero-order chi connectivity index (χ0) is 14.7. The first-order valence-corrected chi connectivity index (χ1v) is 9.30. The molecule has 0 radical (unpaired) electrons. The van der Waals surface area contributed by atoms with E-state index in [9.17, 15) is 0 Å². The summed E-state index contributed by atoms with van der Waals surface area (Å²) >= 11 is 1.93. The van der Waals surface area contributed by atoms with Gasteiger partial charge in [0.1, 0.15) is 0 Å². The van der Waals surface area contributed by atoms with E-state index in [-0.39, 0.29) is 0 Å². The summed E-state index contributed by atoms with van der Waals surface area (Å²) in [4.78, 5) is 4.88. The molecule has 21 heavy (non-hydrogen) atoms. The van der Waals surface area contributed by atoms with Crippen LogP contribution in [0.3, 0.4) is 0 Å². The molecule has 0 atom stereocenters. The van der Waals surface area contributed by atoms with Crippen LogP contribution in [0.1, 0.15) is 50.7 Å². The van der Waals surface area contributed by atoms with Gasteiger partial charge >= 0.3 is 0 Å². The van der Waals surface area contributed by atoms with Crippen LogP contribution in [-0.4, -0.2) is 17.5 Å². The highest BCUT2D eigenvalue weighted by Crippen LogP contribution is 2.43. The van der Waals surface area contributed by atoms with Gasteiger partial charge in [-0.1, -0.05) is 56.7 Å². The number of anilines is 1.